The van der Waals surface area contributed by atoms with Crippen LogP contribution in [0.5, 0.6) is 0 Å². The summed E-state index contributed by atoms with van der Waals surface area (Å²) < 4.78 is 10.6. The normalized spacial score (nSPS) is 12.9. The lowest BCUT2D eigenvalue weighted by atomic mass is 9.94. The van der Waals surface area contributed by atoms with Crippen molar-refractivity contribution in [2.45, 2.75) is 218 Å². The van der Waals surface area contributed by atoms with Crippen molar-refractivity contribution in [2.24, 2.45) is 17.6 Å². The Hall–Kier alpha value is -5.88. The number of carbonyl (C=O) groups excluding carboxylic acids is 8. The van der Waals surface area contributed by atoms with E-state index in [0.717, 1.165) is 38.5 Å². The molecule has 0 rings (SSSR count). The Morgan fingerprint density at radius 3 is 1.25 bits per heavy atom. The lowest BCUT2D eigenvalue weighted by Gasteiger charge is -2.17. The molecule has 0 aliphatic carbocycles. The number of aliphatic carboxylic acids is 4. The van der Waals surface area contributed by atoms with Crippen LogP contribution in [0, 0.1) is 11.8 Å². The molecule has 5 atom stereocenters. The lowest BCUT2D eigenvalue weighted by Crippen LogP contribution is -2.44. The standard InChI is InChI=1S/C55H94N6O18/c1-3-40(46(64)37-56)21-18-19-31-57-47(65)28-24-43(53(72)73)60-50(68)27-23-41(52(70)71)36-42(63)38-79-35-34-78-33-32-58-48(66)29-25-44(54(74)75)61-51(69)30-26-45(55(76)77)59-49(67)22-17-15-13-11-9-7-5-4-6-8-10-12-14-16-20-39(2)62/h40-41,43-45H,3-38,56H2,1-2H3,(H,57,65)(H,58,66)(H,59,67)(H,60,68)(H,61,69)(H,70,71)(H,72,73)(H,74,75)(H,76,77)/t40-,41+,43-,44-,45-/m0/s1. The van der Waals surface area contributed by atoms with E-state index in [2.05, 4.69) is 26.6 Å². The Balaban J connectivity index is 4.31. The average molecular weight is 1130 g/mol. The van der Waals surface area contributed by atoms with Crippen molar-refractivity contribution in [3.05, 3.63) is 0 Å². The minimum atomic E-state index is -1.44. The summed E-state index contributed by atoms with van der Waals surface area (Å²) in [6.45, 7) is 3.34. The number of nitrogens with one attached hydrogen (secondary N) is 5. The summed E-state index contributed by atoms with van der Waals surface area (Å²) in [7, 11) is 0. The molecule has 0 unspecified atom stereocenters. The number of ether oxygens (including phenoxy) is 2. The van der Waals surface area contributed by atoms with E-state index in [9.17, 15) is 78.0 Å². The van der Waals surface area contributed by atoms with Gasteiger partial charge in [0.2, 0.25) is 29.5 Å². The second kappa shape index (κ2) is 47.0. The Morgan fingerprint density at radius 2 is 0.823 bits per heavy atom. The molecule has 0 aromatic rings. The Bertz CT molecular complexity index is 1870. The fourth-order valence-electron chi connectivity index (χ4n) is 8.48. The predicted octanol–water partition coefficient (Wildman–Crippen LogP) is 4.30. The summed E-state index contributed by atoms with van der Waals surface area (Å²) in [5.74, 6) is -10.1. The summed E-state index contributed by atoms with van der Waals surface area (Å²) in [6.07, 6.45) is 15.9. The number of nitrogens with two attached hydrogens (primary N) is 1. The molecule has 0 aliphatic rings. The first-order valence-electron chi connectivity index (χ1n) is 28.4. The van der Waals surface area contributed by atoms with Crippen LogP contribution in [0.3, 0.4) is 0 Å². The van der Waals surface area contributed by atoms with Gasteiger partial charge in [-0.3, -0.25) is 38.4 Å². The van der Waals surface area contributed by atoms with Gasteiger partial charge in [-0.05, 0) is 64.7 Å². The summed E-state index contributed by atoms with van der Waals surface area (Å²) in [4.78, 5) is 145. The maximum atomic E-state index is 12.6. The molecule has 0 bridgehead atoms. The SMILES string of the molecule is CC[C@@H](CCCCNC(=O)CC[C@H](NC(=O)CC[C@H](CC(=O)COCCOCCNC(=O)CC[C@H](NC(=O)CC[C@H](NC(=O)CCCCCCCCCCCCCCCCC(C)=O)C(=O)O)C(=O)O)C(=O)O)C(=O)O)C(=O)CN. The second-order valence-electron chi connectivity index (χ2n) is 20.1. The molecule has 0 aliphatic heterocycles. The number of hydrogen-bond acceptors (Lipinski definition) is 15. The number of carboxylic acids is 4. The zero-order valence-corrected chi connectivity index (χ0v) is 46.9. The Labute approximate surface area is 465 Å². The van der Waals surface area contributed by atoms with Gasteiger partial charge in [0.15, 0.2) is 5.78 Å². The monoisotopic (exact) mass is 1130 g/mol. The first-order chi connectivity index (χ1) is 37.7. The molecular weight excluding hydrogens is 1030 g/mol. The van der Waals surface area contributed by atoms with Gasteiger partial charge in [-0.2, -0.15) is 0 Å². The highest BCUT2D eigenvalue weighted by Gasteiger charge is 2.27. The van der Waals surface area contributed by atoms with Gasteiger partial charge in [-0.25, -0.2) is 14.4 Å². The third-order valence-corrected chi connectivity index (χ3v) is 13.3. The van der Waals surface area contributed by atoms with Gasteiger partial charge in [0.1, 0.15) is 36.3 Å². The van der Waals surface area contributed by atoms with Crippen molar-refractivity contribution in [2.75, 3.05) is 46.1 Å². The molecule has 5 amide bonds. The van der Waals surface area contributed by atoms with E-state index in [4.69, 9.17) is 15.2 Å². The van der Waals surface area contributed by atoms with Crippen LogP contribution in [-0.2, 0) is 67.0 Å². The van der Waals surface area contributed by atoms with Gasteiger partial charge in [0.25, 0.3) is 0 Å². The van der Waals surface area contributed by atoms with E-state index >= 15 is 0 Å². The van der Waals surface area contributed by atoms with E-state index in [1.165, 1.54) is 44.9 Å². The number of unbranched alkanes of at least 4 members (excludes halogenated alkanes) is 14. The minimum Gasteiger partial charge on any atom is -0.481 e. The van der Waals surface area contributed by atoms with Crippen LogP contribution in [0.4, 0.5) is 0 Å². The molecule has 0 aromatic carbocycles. The van der Waals surface area contributed by atoms with Crippen LogP contribution in [-0.4, -0.2) is 155 Å². The van der Waals surface area contributed by atoms with Crippen molar-refractivity contribution >= 4 is 70.8 Å². The molecule has 0 radical (unpaired) electrons. The maximum Gasteiger partial charge on any atom is 0.326 e. The van der Waals surface area contributed by atoms with Crippen molar-refractivity contribution in [3.63, 3.8) is 0 Å². The number of rotatable bonds is 54. The molecule has 0 spiro atoms. The third kappa shape index (κ3) is 41.8. The smallest absolute Gasteiger partial charge is 0.326 e. The quantitative estimate of drug-likeness (QED) is 0.0380. The van der Waals surface area contributed by atoms with Gasteiger partial charge >= 0.3 is 23.9 Å². The zero-order valence-electron chi connectivity index (χ0n) is 46.9. The molecule has 0 aromatic heterocycles. The van der Waals surface area contributed by atoms with Gasteiger partial charge in [0.05, 0.1) is 32.3 Å². The van der Waals surface area contributed by atoms with Crippen LogP contribution in [0.25, 0.3) is 0 Å². The molecule has 24 nitrogen and oxygen atoms in total. The fraction of sp³-hybridized carbons (Fsp3) is 0.782. The number of carbonyl (C=O) groups is 12. The van der Waals surface area contributed by atoms with Crippen molar-refractivity contribution in [3.8, 4) is 0 Å². The van der Waals surface area contributed by atoms with E-state index in [1.54, 1.807) is 6.92 Å². The molecule has 24 heteroatoms. The first kappa shape index (κ1) is 73.1. The fourth-order valence-corrected chi connectivity index (χ4v) is 8.48. The van der Waals surface area contributed by atoms with E-state index in [-0.39, 0.29) is 102 Å². The number of hydrogen-bond donors (Lipinski definition) is 10. The molecule has 0 saturated heterocycles. The summed E-state index contributed by atoms with van der Waals surface area (Å²) in [5.41, 5.74) is 5.43. The van der Waals surface area contributed by atoms with Gasteiger partial charge in [0, 0.05) is 64.0 Å². The Kier molecular flexibility index (Phi) is 43.5. The first-order valence-corrected chi connectivity index (χ1v) is 28.4. The molecule has 11 N–H and O–H groups in total. The van der Waals surface area contributed by atoms with Crippen LogP contribution in [0.15, 0.2) is 0 Å². The molecule has 0 heterocycles. The number of amides is 5. The number of ketones is 3. The van der Waals surface area contributed by atoms with Crippen LogP contribution in [0.2, 0.25) is 0 Å². The number of carboxylic acid groups (broad SMARTS) is 4. The minimum absolute atomic E-state index is 0.00946. The summed E-state index contributed by atoms with van der Waals surface area (Å²) >= 11 is 0. The lowest BCUT2D eigenvalue weighted by molar-refractivity contribution is -0.145. The second-order valence-corrected chi connectivity index (χ2v) is 20.1. The van der Waals surface area contributed by atoms with Gasteiger partial charge in [-0.15, -0.1) is 0 Å². The van der Waals surface area contributed by atoms with E-state index in [0.29, 0.717) is 45.1 Å². The van der Waals surface area contributed by atoms with Gasteiger partial charge in [-0.1, -0.05) is 90.4 Å². The zero-order chi connectivity index (χ0) is 59.2. The highest BCUT2D eigenvalue weighted by atomic mass is 16.5. The molecule has 452 valence electrons. The topological polar surface area (TPSA) is 390 Å². The predicted molar refractivity (Wildman–Crippen MR) is 290 cm³/mol. The molecular formula is C55H94N6O18. The van der Waals surface area contributed by atoms with Crippen molar-refractivity contribution in [1.82, 2.24) is 26.6 Å². The van der Waals surface area contributed by atoms with E-state index < -0.39 is 103 Å². The maximum absolute atomic E-state index is 12.6. The average Bonchev–Trinajstić information content (AvgIpc) is 3.39. The summed E-state index contributed by atoms with van der Waals surface area (Å²) in [5, 5.41) is 50.6. The van der Waals surface area contributed by atoms with Crippen molar-refractivity contribution in [1.29, 1.82) is 0 Å². The van der Waals surface area contributed by atoms with Crippen LogP contribution in [0.1, 0.15) is 200 Å². The van der Waals surface area contributed by atoms with Gasteiger partial charge < -0.3 is 67.0 Å². The highest BCUT2D eigenvalue weighted by molar-refractivity contribution is 5.88. The largest absolute Gasteiger partial charge is 0.481 e. The highest BCUT2D eigenvalue weighted by Crippen LogP contribution is 2.17. The third-order valence-electron chi connectivity index (χ3n) is 13.3. The van der Waals surface area contributed by atoms with Crippen molar-refractivity contribution < 1.29 is 87.4 Å². The number of Topliss-reactive ketones (excluding diaryl/α,β-unsaturated/α-hetero) is 3. The summed E-state index contributed by atoms with van der Waals surface area (Å²) in [6, 6.07) is -4.20. The molecule has 0 fully saturated rings. The van der Waals surface area contributed by atoms with Crippen LogP contribution >= 0.6 is 0 Å². The Morgan fingerprint density at radius 1 is 0.418 bits per heavy atom. The van der Waals surface area contributed by atoms with Crippen LogP contribution < -0.4 is 32.3 Å². The van der Waals surface area contributed by atoms with E-state index in [1.807, 2.05) is 6.92 Å². The molecule has 79 heavy (non-hydrogen) atoms. The molecule has 0 saturated carbocycles.